The molecule has 3 aromatic rings. The zero-order chi connectivity index (χ0) is 22.5. The summed E-state index contributed by atoms with van der Waals surface area (Å²) >= 11 is 1.40. The van der Waals surface area contributed by atoms with Crippen LogP contribution in [-0.2, 0) is 30.8 Å². The largest absolute Gasteiger partial charge is 0.332 e. The van der Waals surface area contributed by atoms with Crippen molar-refractivity contribution in [2.75, 3.05) is 11.5 Å². The summed E-state index contributed by atoms with van der Waals surface area (Å²) in [6, 6.07) is 9.33. The third kappa shape index (κ3) is 5.33. The number of thioether (sulfide) groups is 1. The molecule has 1 aromatic carbocycles. The van der Waals surface area contributed by atoms with Crippen molar-refractivity contribution < 1.29 is 4.21 Å². The van der Waals surface area contributed by atoms with E-state index >= 15 is 0 Å². The third-order valence-corrected chi connectivity index (χ3v) is 7.36. The number of aromatic nitrogens is 4. The lowest BCUT2D eigenvalue weighted by Crippen LogP contribution is -2.39. The molecule has 0 aliphatic rings. The average Bonchev–Trinajstić information content (AvgIpc) is 2.75. The van der Waals surface area contributed by atoms with Crippen molar-refractivity contribution in [3.8, 4) is 0 Å². The fraction of sp³-hybridized carbons (Fsp3) is 0.455. The molecule has 0 aliphatic carbocycles. The molecule has 0 N–H and O–H groups in total. The molecule has 7 nitrogen and oxygen atoms in total. The van der Waals surface area contributed by atoms with Crippen LogP contribution in [0, 0.1) is 5.92 Å². The first-order valence-corrected chi connectivity index (χ1v) is 12.7. The molecule has 9 heteroatoms. The van der Waals surface area contributed by atoms with Crippen molar-refractivity contribution in [1.82, 2.24) is 19.1 Å². The lowest BCUT2D eigenvalue weighted by atomic mass is 10.1. The summed E-state index contributed by atoms with van der Waals surface area (Å²) in [6.07, 6.45) is 1.39. The normalized spacial score (nSPS) is 12.5. The van der Waals surface area contributed by atoms with Crippen molar-refractivity contribution in [3.05, 3.63) is 57.0 Å². The molecular formula is C22H28N4O3S2. The van der Waals surface area contributed by atoms with E-state index in [-0.39, 0.29) is 5.69 Å². The molecule has 0 fully saturated rings. The Hall–Kier alpha value is -2.26. The Bertz CT molecular complexity index is 1200. The van der Waals surface area contributed by atoms with Crippen molar-refractivity contribution in [2.24, 2.45) is 13.0 Å². The number of benzene rings is 1. The van der Waals surface area contributed by atoms with Gasteiger partial charge in [0.25, 0.3) is 5.56 Å². The van der Waals surface area contributed by atoms with Crippen LogP contribution in [0.5, 0.6) is 0 Å². The highest BCUT2D eigenvalue weighted by Crippen LogP contribution is 2.24. The molecule has 1 atom stereocenters. The van der Waals surface area contributed by atoms with Crippen LogP contribution in [0.25, 0.3) is 11.0 Å². The van der Waals surface area contributed by atoms with Crippen LogP contribution < -0.4 is 11.2 Å². The van der Waals surface area contributed by atoms with E-state index in [1.54, 1.807) is 4.57 Å². The van der Waals surface area contributed by atoms with E-state index in [0.29, 0.717) is 52.3 Å². The fourth-order valence-electron chi connectivity index (χ4n) is 3.27. The second kappa shape index (κ2) is 10.4. The van der Waals surface area contributed by atoms with Gasteiger partial charge in [0, 0.05) is 36.4 Å². The van der Waals surface area contributed by atoms with Gasteiger partial charge in [-0.1, -0.05) is 39.0 Å². The van der Waals surface area contributed by atoms with E-state index in [1.165, 1.54) is 18.8 Å². The smallest absolute Gasteiger partial charge is 0.277 e. The van der Waals surface area contributed by atoms with Gasteiger partial charge in [0.1, 0.15) is 16.2 Å². The van der Waals surface area contributed by atoms with Gasteiger partial charge in [-0.3, -0.25) is 18.1 Å². The molecule has 2 heterocycles. The minimum atomic E-state index is -1.13. The second-order valence-corrected chi connectivity index (χ2v) is 10.4. The van der Waals surface area contributed by atoms with E-state index in [9.17, 15) is 13.8 Å². The SMILES string of the molecule is CCCn1c(=O)n(C)c(=O)c2c(SCC[S@@](=O)c3ccccc3)nc(CC(C)C)nc21. The maximum atomic E-state index is 13.0. The highest BCUT2D eigenvalue weighted by Gasteiger charge is 2.19. The van der Waals surface area contributed by atoms with Gasteiger partial charge in [-0.25, -0.2) is 14.8 Å². The van der Waals surface area contributed by atoms with Gasteiger partial charge in [0.2, 0.25) is 0 Å². The molecule has 0 saturated carbocycles. The Morgan fingerprint density at radius 1 is 1.13 bits per heavy atom. The van der Waals surface area contributed by atoms with E-state index in [0.717, 1.165) is 15.9 Å². The first kappa shape index (κ1) is 23.4. The highest BCUT2D eigenvalue weighted by molar-refractivity contribution is 8.00. The highest BCUT2D eigenvalue weighted by atomic mass is 32.2. The van der Waals surface area contributed by atoms with Crippen LogP contribution in [0.4, 0.5) is 0 Å². The maximum Gasteiger partial charge on any atom is 0.332 e. The van der Waals surface area contributed by atoms with E-state index < -0.39 is 16.4 Å². The Labute approximate surface area is 188 Å². The summed E-state index contributed by atoms with van der Waals surface area (Å²) in [5.41, 5.74) is -0.364. The molecule has 0 spiro atoms. The number of rotatable bonds is 9. The van der Waals surface area contributed by atoms with Crippen LogP contribution in [0.15, 0.2) is 49.8 Å². The summed E-state index contributed by atoms with van der Waals surface area (Å²) in [7, 11) is 0.354. The Kier molecular flexibility index (Phi) is 7.83. The van der Waals surface area contributed by atoms with Crippen LogP contribution in [0.1, 0.15) is 33.0 Å². The zero-order valence-electron chi connectivity index (χ0n) is 18.3. The van der Waals surface area contributed by atoms with Crippen LogP contribution in [0.2, 0.25) is 0 Å². The molecule has 0 radical (unpaired) electrons. The minimum absolute atomic E-state index is 0.332. The van der Waals surface area contributed by atoms with Gasteiger partial charge in [-0.05, 0) is 24.5 Å². The second-order valence-electron chi connectivity index (χ2n) is 7.75. The number of aryl methyl sites for hydroxylation is 1. The van der Waals surface area contributed by atoms with Gasteiger partial charge in [-0.2, -0.15) is 0 Å². The van der Waals surface area contributed by atoms with Crippen molar-refractivity contribution in [3.63, 3.8) is 0 Å². The molecule has 3 rings (SSSR count). The molecule has 2 aromatic heterocycles. The first-order chi connectivity index (χ1) is 14.8. The number of hydrogen-bond donors (Lipinski definition) is 0. The maximum absolute atomic E-state index is 13.0. The molecule has 0 bridgehead atoms. The van der Waals surface area contributed by atoms with Crippen LogP contribution in [0.3, 0.4) is 0 Å². The number of fused-ring (bicyclic) bond motifs is 1. The molecule has 31 heavy (non-hydrogen) atoms. The summed E-state index contributed by atoms with van der Waals surface area (Å²) in [5.74, 6) is 1.92. The predicted molar refractivity (Wildman–Crippen MR) is 126 cm³/mol. The Morgan fingerprint density at radius 2 is 1.84 bits per heavy atom. The Morgan fingerprint density at radius 3 is 2.48 bits per heavy atom. The van der Waals surface area contributed by atoms with E-state index in [4.69, 9.17) is 0 Å². The standard InChI is InChI=1S/C22H28N4O3S2/c1-5-11-26-19-18(21(27)25(4)22(26)28)20(24-17(23-19)14-15(2)3)30-12-13-31(29)16-9-7-6-8-10-16/h6-10,15H,5,11-14H2,1-4H3/t31-/m1/s1. The predicted octanol–water partition coefficient (Wildman–Crippen LogP) is 3.00. The van der Waals surface area contributed by atoms with Crippen molar-refractivity contribution in [2.45, 2.75) is 50.1 Å². The third-order valence-electron chi connectivity index (χ3n) is 4.75. The fourth-order valence-corrected chi connectivity index (χ4v) is 5.59. The topological polar surface area (TPSA) is 86.9 Å². The summed E-state index contributed by atoms with van der Waals surface area (Å²) in [4.78, 5) is 35.8. The molecule has 0 aliphatic heterocycles. The summed E-state index contributed by atoms with van der Waals surface area (Å²) in [5, 5.41) is 0.912. The van der Waals surface area contributed by atoms with Crippen LogP contribution in [-0.4, -0.2) is 34.8 Å². The van der Waals surface area contributed by atoms with Crippen molar-refractivity contribution in [1.29, 1.82) is 0 Å². The Balaban J connectivity index is 2.03. The van der Waals surface area contributed by atoms with E-state index in [1.807, 2.05) is 37.3 Å². The van der Waals surface area contributed by atoms with Crippen molar-refractivity contribution >= 4 is 33.6 Å². The molecule has 0 unspecified atom stereocenters. The molecule has 0 amide bonds. The van der Waals surface area contributed by atoms with Gasteiger partial charge in [-0.15, -0.1) is 11.8 Å². The molecule has 166 valence electrons. The van der Waals surface area contributed by atoms with Gasteiger partial charge in [0.05, 0.1) is 10.8 Å². The summed E-state index contributed by atoms with van der Waals surface area (Å²) in [6.45, 7) is 6.61. The van der Waals surface area contributed by atoms with Gasteiger partial charge < -0.3 is 0 Å². The first-order valence-electron chi connectivity index (χ1n) is 10.4. The lowest BCUT2D eigenvalue weighted by Gasteiger charge is -2.14. The molecule has 0 saturated heterocycles. The van der Waals surface area contributed by atoms with E-state index in [2.05, 4.69) is 23.8 Å². The number of nitrogens with zero attached hydrogens (tertiary/aromatic N) is 4. The number of hydrogen-bond acceptors (Lipinski definition) is 6. The quantitative estimate of drug-likeness (QED) is 0.360. The zero-order valence-corrected chi connectivity index (χ0v) is 20.0. The summed E-state index contributed by atoms with van der Waals surface area (Å²) < 4.78 is 15.3. The van der Waals surface area contributed by atoms with Gasteiger partial charge in [0.15, 0.2) is 5.65 Å². The average molecular weight is 461 g/mol. The van der Waals surface area contributed by atoms with Gasteiger partial charge >= 0.3 is 5.69 Å². The monoisotopic (exact) mass is 460 g/mol. The van der Waals surface area contributed by atoms with Crippen LogP contribution >= 0.6 is 11.8 Å². The minimum Gasteiger partial charge on any atom is -0.277 e. The lowest BCUT2D eigenvalue weighted by molar-refractivity contribution is 0.592. The molecular weight excluding hydrogens is 432 g/mol.